The monoisotopic (exact) mass is 625 g/mol. The highest BCUT2D eigenvalue weighted by Gasteiger charge is 2.38. The minimum absolute atomic E-state index is 0.00475. The van der Waals surface area contributed by atoms with Crippen molar-refractivity contribution >= 4 is 35.4 Å². The number of hydrogen-bond acceptors (Lipinski definition) is 6. The van der Waals surface area contributed by atoms with E-state index in [1.807, 2.05) is 41.3 Å². The second-order valence-electron chi connectivity index (χ2n) is 13.0. The zero-order valence-electron chi connectivity index (χ0n) is 25.9. The van der Waals surface area contributed by atoms with Crippen LogP contribution >= 0.6 is 23.5 Å². The Morgan fingerprint density at radius 1 is 1.02 bits per heavy atom. The van der Waals surface area contributed by atoms with Gasteiger partial charge in [-0.05, 0) is 74.1 Å². The van der Waals surface area contributed by atoms with Gasteiger partial charge in [-0.2, -0.15) is 0 Å². The van der Waals surface area contributed by atoms with Crippen LogP contribution in [0.15, 0.2) is 48.5 Å². The van der Waals surface area contributed by atoms with E-state index >= 15 is 0 Å². The summed E-state index contributed by atoms with van der Waals surface area (Å²) in [6.45, 7) is 8.27. The van der Waals surface area contributed by atoms with E-state index in [0.717, 1.165) is 25.2 Å². The van der Waals surface area contributed by atoms with Crippen molar-refractivity contribution in [3.8, 4) is 0 Å². The number of fused-ring (bicyclic) bond motifs is 1. The molecule has 2 amide bonds. The predicted molar refractivity (Wildman–Crippen MR) is 177 cm³/mol. The first-order valence-corrected chi connectivity index (χ1v) is 17.5. The predicted octanol–water partition coefficient (Wildman–Crippen LogP) is 4.78. The van der Waals surface area contributed by atoms with Crippen LogP contribution in [-0.2, 0) is 28.0 Å². The number of piperazine rings is 1. The fourth-order valence-corrected chi connectivity index (χ4v) is 7.82. The third-order valence-electron chi connectivity index (χ3n) is 9.66. The number of carbonyl (C=O) groups excluding carboxylic acids is 2. The van der Waals surface area contributed by atoms with Crippen molar-refractivity contribution in [2.24, 2.45) is 5.92 Å². The molecule has 2 aromatic rings. The van der Waals surface area contributed by atoms with Crippen molar-refractivity contribution < 1.29 is 9.59 Å². The molecule has 0 aromatic heterocycles. The van der Waals surface area contributed by atoms with Gasteiger partial charge in [-0.15, -0.1) is 0 Å². The van der Waals surface area contributed by atoms with Crippen LogP contribution in [0, 0.1) is 5.92 Å². The lowest BCUT2D eigenvalue weighted by Crippen LogP contribution is -2.61. The van der Waals surface area contributed by atoms with Crippen molar-refractivity contribution in [3.05, 3.63) is 70.2 Å². The molecule has 2 aromatic carbocycles. The molecule has 0 spiro atoms. The van der Waals surface area contributed by atoms with Gasteiger partial charge in [0.25, 0.3) is 0 Å². The number of halogens is 1. The number of nitrogens with one attached hydrogen (secondary N) is 3. The van der Waals surface area contributed by atoms with E-state index in [9.17, 15) is 9.59 Å². The maximum Gasteiger partial charge on any atom is 0.245 e. The quantitative estimate of drug-likeness (QED) is 0.330. The van der Waals surface area contributed by atoms with Gasteiger partial charge in [-0.25, -0.2) is 0 Å². The van der Waals surface area contributed by atoms with Crippen LogP contribution in [0.1, 0.15) is 62.6 Å². The Hall–Kier alpha value is -2.10. The molecular formula is C34H48ClN5O2S. The minimum Gasteiger partial charge on any atom is -0.343 e. The first-order valence-electron chi connectivity index (χ1n) is 15.9. The molecule has 0 bridgehead atoms. The summed E-state index contributed by atoms with van der Waals surface area (Å²) in [4.78, 5) is 32.4. The number of amides is 2. The first-order chi connectivity index (χ1) is 20.7. The van der Waals surface area contributed by atoms with Gasteiger partial charge in [0, 0.05) is 55.7 Å². The van der Waals surface area contributed by atoms with Gasteiger partial charge >= 0.3 is 0 Å². The average Bonchev–Trinajstić information content (AvgIpc) is 3.02. The molecule has 234 valence electrons. The van der Waals surface area contributed by atoms with Gasteiger partial charge in [-0.3, -0.25) is 24.5 Å². The Bertz CT molecular complexity index is 1230. The molecule has 3 atom stereocenters. The number of rotatable bonds is 10. The van der Waals surface area contributed by atoms with Crippen molar-refractivity contribution in [3.63, 3.8) is 0 Å². The van der Waals surface area contributed by atoms with E-state index in [1.165, 1.54) is 43.2 Å². The van der Waals surface area contributed by atoms with Crippen LogP contribution < -0.4 is 15.4 Å². The van der Waals surface area contributed by atoms with E-state index in [4.69, 9.17) is 11.6 Å². The second-order valence-corrected chi connectivity index (χ2v) is 14.1. The lowest BCUT2D eigenvalue weighted by Gasteiger charge is -2.44. The summed E-state index contributed by atoms with van der Waals surface area (Å²) >= 11 is 7.84. The second kappa shape index (κ2) is 14.8. The lowest BCUT2D eigenvalue weighted by atomic mass is 9.82. The summed E-state index contributed by atoms with van der Waals surface area (Å²) in [5.41, 5.74) is 3.02. The van der Waals surface area contributed by atoms with Crippen LogP contribution in [0.5, 0.6) is 0 Å². The summed E-state index contributed by atoms with van der Waals surface area (Å²) in [5.74, 6) is 0.578. The van der Waals surface area contributed by atoms with E-state index in [1.54, 1.807) is 11.9 Å². The number of nitrogens with zero attached hydrogens (tertiary/aromatic N) is 2. The van der Waals surface area contributed by atoms with Crippen LogP contribution in [0.4, 0.5) is 0 Å². The van der Waals surface area contributed by atoms with E-state index in [2.05, 4.69) is 52.5 Å². The highest BCUT2D eigenvalue weighted by molar-refractivity contribution is 7.96. The Morgan fingerprint density at radius 3 is 2.42 bits per heavy atom. The Balaban J connectivity index is 1.27. The summed E-state index contributed by atoms with van der Waals surface area (Å²) in [6, 6.07) is 15.3. The Morgan fingerprint density at radius 2 is 1.72 bits per heavy atom. The molecule has 2 fully saturated rings. The molecule has 2 aliphatic heterocycles. The fourth-order valence-electron chi connectivity index (χ4n) is 7.36. The normalized spacial score (nSPS) is 22.4. The summed E-state index contributed by atoms with van der Waals surface area (Å²) < 4.78 is 3.52. The van der Waals surface area contributed by atoms with Gasteiger partial charge in [0.15, 0.2) is 0 Å². The molecule has 2 heterocycles. The van der Waals surface area contributed by atoms with Crippen molar-refractivity contribution in [2.75, 3.05) is 39.0 Å². The third-order valence-corrected chi connectivity index (χ3v) is 10.4. The highest BCUT2D eigenvalue weighted by Crippen LogP contribution is 2.31. The lowest BCUT2D eigenvalue weighted by molar-refractivity contribution is -0.139. The zero-order valence-corrected chi connectivity index (χ0v) is 27.5. The third kappa shape index (κ3) is 8.14. The summed E-state index contributed by atoms with van der Waals surface area (Å²) in [5, 5.41) is 7.37. The topological polar surface area (TPSA) is 76.7 Å². The largest absolute Gasteiger partial charge is 0.343 e. The number of benzene rings is 2. The molecule has 3 unspecified atom stereocenters. The van der Waals surface area contributed by atoms with Crippen molar-refractivity contribution in [1.82, 2.24) is 25.2 Å². The fraction of sp³-hybridized carbons (Fsp3) is 0.588. The molecule has 43 heavy (non-hydrogen) atoms. The SMILES string of the molecule is CSNCC(C1CCCCC1)N1CCN(C(=O)C(Cc2ccc(Cl)cc2)NC(=O)C2Cc3ccccc3C(C)(C)N2)CC1. The Kier molecular flexibility index (Phi) is 11.1. The molecule has 9 heteroatoms. The minimum atomic E-state index is -0.644. The maximum absolute atomic E-state index is 14.1. The molecule has 3 N–H and O–H groups in total. The summed E-state index contributed by atoms with van der Waals surface area (Å²) in [7, 11) is 0. The molecule has 7 nitrogen and oxygen atoms in total. The van der Waals surface area contributed by atoms with E-state index in [-0.39, 0.29) is 17.4 Å². The van der Waals surface area contributed by atoms with Crippen LogP contribution in [0.2, 0.25) is 5.02 Å². The van der Waals surface area contributed by atoms with Gasteiger partial charge in [-0.1, -0.05) is 79.2 Å². The van der Waals surface area contributed by atoms with Gasteiger partial charge < -0.3 is 10.2 Å². The highest BCUT2D eigenvalue weighted by atomic mass is 35.5. The number of hydrogen-bond donors (Lipinski definition) is 3. The van der Waals surface area contributed by atoms with Gasteiger partial charge in [0.2, 0.25) is 11.8 Å². The Labute approximate surface area is 267 Å². The van der Waals surface area contributed by atoms with Gasteiger partial charge in [0.1, 0.15) is 6.04 Å². The van der Waals surface area contributed by atoms with E-state index in [0.29, 0.717) is 42.9 Å². The molecule has 0 radical (unpaired) electrons. The molecular weight excluding hydrogens is 578 g/mol. The number of carbonyl (C=O) groups is 2. The standard InChI is InChI=1S/C34H48ClN5O2S/c1-34(2)28-12-8-7-11-26(28)22-29(38-34)32(41)37-30(21-24-13-15-27(35)16-14-24)33(42)40-19-17-39(18-20-40)31(23-36-43-3)25-9-5-4-6-10-25/h7-8,11-16,25,29-31,36,38H,4-6,9-10,17-23H2,1-3H3,(H,37,41). The molecule has 1 aliphatic carbocycles. The zero-order chi connectivity index (χ0) is 30.4. The maximum atomic E-state index is 14.1. The van der Waals surface area contributed by atoms with Crippen molar-refractivity contribution in [2.45, 2.75) is 82.5 Å². The summed E-state index contributed by atoms with van der Waals surface area (Å²) in [6.07, 6.45) is 9.70. The molecule has 3 aliphatic rings. The first kappa shape index (κ1) is 32.3. The van der Waals surface area contributed by atoms with Crippen LogP contribution in [0.25, 0.3) is 0 Å². The van der Waals surface area contributed by atoms with Crippen LogP contribution in [-0.4, -0.2) is 78.7 Å². The smallest absolute Gasteiger partial charge is 0.245 e. The van der Waals surface area contributed by atoms with Crippen LogP contribution in [0.3, 0.4) is 0 Å². The average molecular weight is 626 g/mol. The van der Waals surface area contributed by atoms with Crippen molar-refractivity contribution in [1.29, 1.82) is 0 Å². The van der Waals surface area contributed by atoms with Gasteiger partial charge in [0.05, 0.1) is 6.04 Å². The molecule has 5 rings (SSSR count). The van der Waals surface area contributed by atoms with E-state index < -0.39 is 12.1 Å². The molecule has 1 saturated heterocycles. The molecule has 1 saturated carbocycles.